The number of aliphatic carboxylic acids is 1. The first kappa shape index (κ1) is 44.6. The van der Waals surface area contributed by atoms with Crippen molar-refractivity contribution in [3.63, 3.8) is 0 Å². The summed E-state index contributed by atoms with van der Waals surface area (Å²) >= 11 is 1.25. The Balaban J connectivity index is 1.28. The Morgan fingerprint density at radius 2 is 1.54 bits per heavy atom. The number of terminal acetylenes is 1. The highest BCUT2D eigenvalue weighted by Crippen LogP contribution is 2.44. The maximum Gasteiger partial charge on any atom is 0.407 e. The van der Waals surface area contributed by atoms with E-state index in [2.05, 4.69) is 45.8 Å². The SMILES string of the molecule is C#CCOC(CC(C(C)C)N(C)C(=O)C(NC(=O)OCC1c2ccccc2-c2ccccc21)C(C)CC)c1nc(C(=O)NC(Cc2ccccc2)CC(C)C(=O)O)cs1. The summed E-state index contributed by atoms with van der Waals surface area (Å²) in [6.45, 7) is 9.66. The van der Waals surface area contributed by atoms with Gasteiger partial charge >= 0.3 is 12.1 Å². The van der Waals surface area contributed by atoms with Crippen LogP contribution in [0.15, 0.2) is 84.2 Å². The molecule has 4 aromatic rings. The van der Waals surface area contributed by atoms with E-state index >= 15 is 0 Å². The van der Waals surface area contributed by atoms with Gasteiger partial charge in [-0.2, -0.15) is 0 Å². The van der Waals surface area contributed by atoms with Crippen LogP contribution in [-0.4, -0.2) is 77.3 Å². The molecule has 0 radical (unpaired) electrons. The molecule has 1 aliphatic carbocycles. The number of benzene rings is 3. The molecule has 3 N–H and O–H groups in total. The van der Waals surface area contributed by atoms with E-state index in [9.17, 15) is 24.3 Å². The van der Waals surface area contributed by atoms with Crippen LogP contribution in [0, 0.1) is 30.1 Å². The number of fused-ring (bicyclic) bond motifs is 3. The highest BCUT2D eigenvalue weighted by atomic mass is 32.1. The molecule has 3 amide bonds. The molecule has 0 spiro atoms. The molecular weight excluding hydrogens is 765 g/mol. The standard InChI is InChI=1S/C47H56N4O7S/c1-8-23-57-41(44-49-39(28-59-44)43(52)48-33(24-31(6)46(54)55)25-32-17-11-10-12-18-32)26-40(29(3)4)51(7)45(53)42(30(5)9-2)50-47(56)58-27-38-36-21-15-13-19-34(36)35-20-14-16-22-37(35)38/h1,10-22,28-31,33,38,40-42H,9,23-27H2,2-7H3,(H,48,52)(H,50,56)(H,54,55). The lowest BCUT2D eigenvalue weighted by atomic mass is 9.93. The van der Waals surface area contributed by atoms with Crippen LogP contribution in [0.5, 0.6) is 0 Å². The number of ether oxygens (including phenoxy) is 2. The predicted molar refractivity (Wildman–Crippen MR) is 230 cm³/mol. The van der Waals surface area contributed by atoms with E-state index in [0.717, 1.165) is 27.8 Å². The Kier molecular flexibility index (Phi) is 15.8. The second-order valence-electron chi connectivity index (χ2n) is 15.7. The van der Waals surface area contributed by atoms with Gasteiger partial charge in [-0.3, -0.25) is 14.4 Å². The molecule has 6 atom stereocenters. The molecular formula is C47H56N4O7S. The van der Waals surface area contributed by atoms with Gasteiger partial charge in [0.15, 0.2) is 0 Å². The summed E-state index contributed by atoms with van der Waals surface area (Å²) in [5, 5.41) is 17.7. The second kappa shape index (κ2) is 21.0. The first-order chi connectivity index (χ1) is 28.3. The van der Waals surface area contributed by atoms with Crippen LogP contribution < -0.4 is 10.6 Å². The largest absolute Gasteiger partial charge is 0.481 e. The summed E-state index contributed by atoms with van der Waals surface area (Å²) in [7, 11) is 1.73. The van der Waals surface area contributed by atoms with Crippen LogP contribution in [0.4, 0.5) is 4.79 Å². The summed E-state index contributed by atoms with van der Waals surface area (Å²) < 4.78 is 12.0. The average molecular weight is 821 g/mol. The van der Waals surface area contributed by atoms with Gasteiger partial charge in [0.1, 0.15) is 36.1 Å². The van der Waals surface area contributed by atoms with Crippen molar-refractivity contribution in [1.82, 2.24) is 20.5 Å². The number of hydrogen-bond acceptors (Lipinski definition) is 8. The lowest BCUT2D eigenvalue weighted by Gasteiger charge is -2.37. The number of carboxylic acid groups (broad SMARTS) is 1. The van der Waals surface area contributed by atoms with Crippen LogP contribution in [-0.2, 0) is 25.5 Å². The molecule has 12 heteroatoms. The molecule has 312 valence electrons. The molecule has 3 aromatic carbocycles. The zero-order valence-corrected chi connectivity index (χ0v) is 35.5. The number of hydrogen-bond donors (Lipinski definition) is 3. The molecule has 1 aromatic heterocycles. The number of rotatable bonds is 20. The maximum absolute atomic E-state index is 14.4. The van der Waals surface area contributed by atoms with E-state index in [1.54, 1.807) is 24.3 Å². The molecule has 0 aliphatic heterocycles. The fourth-order valence-electron chi connectivity index (χ4n) is 7.74. The predicted octanol–water partition coefficient (Wildman–Crippen LogP) is 8.11. The first-order valence-electron chi connectivity index (χ1n) is 20.3. The van der Waals surface area contributed by atoms with Crippen molar-refractivity contribution in [1.29, 1.82) is 0 Å². The number of aromatic nitrogens is 1. The quantitative estimate of drug-likeness (QED) is 0.0759. The van der Waals surface area contributed by atoms with Gasteiger partial charge in [-0.15, -0.1) is 17.8 Å². The number of nitrogens with one attached hydrogen (secondary N) is 2. The van der Waals surface area contributed by atoms with Crippen molar-refractivity contribution >= 4 is 35.2 Å². The van der Waals surface area contributed by atoms with Gasteiger partial charge in [-0.05, 0) is 52.5 Å². The van der Waals surface area contributed by atoms with Crippen LogP contribution >= 0.6 is 11.3 Å². The lowest BCUT2D eigenvalue weighted by Crippen LogP contribution is -2.54. The summed E-state index contributed by atoms with van der Waals surface area (Å²) in [5.41, 5.74) is 5.60. The van der Waals surface area contributed by atoms with Crippen molar-refractivity contribution in [2.75, 3.05) is 20.3 Å². The minimum atomic E-state index is -0.937. The van der Waals surface area contributed by atoms with E-state index < -0.39 is 42.1 Å². The van der Waals surface area contributed by atoms with Crippen molar-refractivity contribution in [3.05, 3.63) is 112 Å². The number of likely N-dealkylation sites (N-methyl/N-ethyl adjacent to an activating group) is 1. The molecule has 59 heavy (non-hydrogen) atoms. The fourth-order valence-corrected chi connectivity index (χ4v) is 8.60. The van der Waals surface area contributed by atoms with Gasteiger partial charge in [0.25, 0.3) is 5.91 Å². The number of alkyl carbamates (subject to hydrolysis) is 1. The molecule has 1 aliphatic rings. The number of nitrogens with zero attached hydrogens (tertiary/aromatic N) is 2. The molecule has 0 saturated heterocycles. The smallest absolute Gasteiger partial charge is 0.407 e. The van der Waals surface area contributed by atoms with Gasteiger partial charge in [0.2, 0.25) is 5.91 Å². The van der Waals surface area contributed by atoms with E-state index in [1.165, 1.54) is 11.3 Å². The number of carbonyl (C=O) groups is 4. The Labute approximate surface area is 351 Å². The third kappa shape index (κ3) is 11.4. The van der Waals surface area contributed by atoms with Gasteiger partial charge in [0, 0.05) is 36.9 Å². The Hall–Kier alpha value is -5.51. The van der Waals surface area contributed by atoms with Crippen molar-refractivity contribution < 1.29 is 33.8 Å². The minimum absolute atomic E-state index is 0.0146. The van der Waals surface area contributed by atoms with Gasteiger partial charge in [0.05, 0.1) is 5.92 Å². The molecule has 1 heterocycles. The Morgan fingerprint density at radius 1 is 0.915 bits per heavy atom. The van der Waals surface area contributed by atoms with E-state index in [0.29, 0.717) is 24.3 Å². The molecule has 0 bridgehead atoms. The lowest BCUT2D eigenvalue weighted by molar-refractivity contribution is -0.141. The van der Waals surface area contributed by atoms with Gasteiger partial charge in [-0.1, -0.05) is 126 Å². The summed E-state index contributed by atoms with van der Waals surface area (Å²) in [6.07, 6.45) is 5.97. The number of carbonyl (C=O) groups excluding carboxylic acids is 3. The summed E-state index contributed by atoms with van der Waals surface area (Å²) in [6, 6.07) is 24.2. The zero-order chi connectivity index (χ0) is 42.6. The normalized spacial score (nSPS) is 15.1. The number of thiazole rings is 1. The van der Waals surface area contributed by atoms with Gasteiger partial charge < -0.3 is 30.1 Å². The molecule has 11 nitrogen and oxygen atoms in total. The number of amides is 3. The Morgan fingerprint density at radius 3 is 2.14 bits per heavy atom. The van der Waals surface area contributed by atoms with Crippen LogP contribution in [0.3, 0.4) is 0 Å². The van der Waals surface area contributed by atoms with Gasteiger partial charge in [-0.25, -0.2) is 9.78 Å². The van der Waals surface area contributed by atoms with Crippen LogP contribution in [0.25, 0.3) is 11.1 Å². The third-order valence-corrected chi connectivity index (χ3v) is 12.2. The zero-order valence-electron chi connectivity index (χ0n) is 34.7. The topological polar surface area (TPSA) is 147 Å². The fraction of sp³-hybridized carbons (Fsp3) is 0.426. The number of carboxylic acids is 1. The van der Waals surface area contributed by atoms with Crippen LogP contribution in [0.1, 0.15) is 98.1 Å². The van der Waals surface area contributed by atoms with Crippen molar-refractivity contribution in [2.24, 2.45) is 17.8 Å². The highest BCUT2D eigenvalue weighted by molar-refractivity contribution is 7.09. The molecule has 5 rings (SSSR count). The first-order valence-corrected chi connectivity index (χ1v) is 21.2. The van der Waals surface area contributed by atoms with Crippen LogP contribution in [0.2, 0.25) is 0 Å². The van der Waals surface area contributed by atoms with Crippen molar-refractivity contribution in [3.8, 4) is 23.5 Å². The monoisotopic (exact) mass is 820 g/mol. The van der Waals surface area contributed by atoms with E-state index in [4.69, 9.17) is 15.9 Å². The average Bonchev–Trinajstić information content (AvgIpc) is 3.85. The maximum atomic E-state index is 14.4. The van der Waals surface area contributed by atoms with Crippen molar-refractivity contribution in [2.45, 2.75) is 90.4 Å². The molecule has 0 saturated carbocycles. The Bertz CT molecular complexity index is 2050. The summed E-state index contributed by atoms with van der Waals surface area (Å²) in [4.78, 5) is 59.4. The third-order valence-electron chi connectivity index (χ3n) is 11.3. The minimum Gasteiger partial charge on any atom is -0.481 e. The highest BCUT2D eigenvalue weighted by Gasteiger charge is 2.36. The second-order valence-corrected chi connectivity index (χ2v) is 16.6. The molecule has 6 unspecified atom stereocenters. The van der Waals surface area contributed by atoms with E-state index in [-0.39, 0.29) is 55.0 Å². The van der Waals surface area contributed by atoms with E-state index in [1.807, 2.05) is 82.3 Å². The molecule has 0 fully saturated rings. The summed E-state index contributed by atoms with van der Waals surface area (Å²) in [5.74, 6) is -0.126.